The Bertz CT molecular complexity index is 1060. The van der Waals surface area contributed by atoms with E-state index in [1.165, 1.54) is 6.20 Å². The molecule has 0 unspecified atom stereocenters. The predicted octanol–water partition coefficient (Wildman–Crippen LogP) is 4.61. The lowest BCUT2D eigenvalue weighted by Gasteiger charge is -2.32. The van der Waals surface area contributed by atoms with Gasteiger partial charge in [-0.05, 0) is 80.8 Å². The van der Waals surface area contributed by atoms with Crippen molar-refractivity contribution in [3.63, 3.8) is 0 Å². The Labute approximate surface area is 201 Å². The number of fused-ring (bicyclic) bond motifs is 1. The number of imide groups is 1. The molecule has 0 spiro atoms. The molecule has 1 saturated heterocycles. The summed E-state index contributed by atoms with van der Waals surface area (Å²) in [6, 6.07) is 5.47. The standard InChI is InChI=1S/C24H34BN3O6/c1-21(2,3)31-19(29)28(20(30)32-22(4,5)6)18-26-14-15-13-16(11-12-17(15)27-18)25-33-23(7,8)24(9,10)34-25/h11-14H,1-10H3. The molecule has 0 saturated carbocycles. The summed E-state index contributed by atoms with van der Waals surface area (Å²) in [5.74, 6) is -0.139. The molecule has 3 rings (SSSR count). The minimum absolute atomic E-state index is 0.139. The van der Waals surface area contributed by atoms with Crippen molar-refractivity contribution in [1.29, 1.82) is 0 Å². The highest BCUT2D eigenvalue weighted by Gasteiger charge is 2.51. The van der Waals surface area contributed by atoms with Gasteiger partial charge in [-0.3, -0.25) is 0 Å². The van der Waals surface area contributed by atoms with Crippen molar-refractivity contribution in [1.82, 2.24) is 9.97 Å². The molecule has 10 heteroatoms. The van der Waals surface area contributed by atoms with E-state index in [-0.39, 0.29) is 5.95 Å². The third kappa shape index (κ3) is 5.67. The van der Waals surface area contributed by atoms with Crippen LogP contribution in [0, 0.1) is 0 Å². The molecule has 0 aliphatic carbocycles. The van der Waals surface area contributed by atoms with Gasteiger partial charge in [0.05, 0.1) is 16.7 Å². The highest BCUT2D eigenvalue weighted by atomic mass is 16.7. The van der Waals surface area contributed by atoms with Gasteiger partial charge in [0, 0.05) is 11.6 Å². The van der Waals surface area contributed by atoms with Crippen LogP contribution >= 0.6 is 0 Å². The van der Waals surface area contributed by atoms with Crippen LogP contribution in [0.5, 0.6) is 0 Å². The largest absolute Gasteiger partial charge is 0.494 e. The van der Waals surface area contributed by atoms with Crippen molar-refractivity contribution >= 4 is 41.6 Å². The number of aromatic nitrogens is 2. The molecule has 0 radical (unpaired) electrons. The van der Waals surface area contributed by atoms with Crippen molar-refractivity contribution < 1.29 is 28.4 Å². The van der Waals surface area contributed by atoms with Crippen LogP contribution < -0.4 is 10.4 Å². The van der Waals surface area contributed by atoms with Gasteiger partial charge in [-0.15, -0.1) is 4.90 Å². The smallest absolute Gasteiger partial charge is 0.443 e. The van der Waals surface area contributed by atoms with Crippen molar-refractivity contribution in [3.8, 4) is 0 Å². The number of benzene rings is 1. The summed E-state index contributed by atoms with van der Waals surface area (Å²) >= 11 is 0. The second-order valence-electron chi connectivity index (χ2n) is 11.4. The summed E-state index contributed by atoms with van der Waals surface area (Å²) in [6.07, 6.45) is -0.307. The Morgan fingerprint density at radius 1 is 0.912 bits per heavy atom. The maximum atomic E-state index is 12.9. The van der Waals surface area contributed by atoms with Gasteiger partial charge >= 0.3 is 19.3 Å². The minimum atomic E-state index is -0.921. The first-order valence-corrected chi connectivity index (χ1v) is 11.3. The fourth-order valence-corrected chi connectivity index (χ4v) is 3.13. The Hall–Kier alpha value is -2.72. The molecule has 34 heavy (non-hydrogen) atoms. The third-order valence-corrected chi connectivity index (χ3v) is 5.47. The average Bonchev–Trinajstić information content (AvgIpc) is 2.85. The van der Waals surface area contributed by atoms with Crippen LogP contribution in [0.2, 0.25) is 0 Å². The third-order valence-electron chi connectivity index (χ3n) is 5.47. The molecule has 0 bridgehead atoms. The number of nitrogens with zero attached hydrogens (tertiary/aromatic N) is 3. The fraction of sp³-hybridized carbons (Fsp3) is 0.583. The Morgan fingerprint density at radius 3 is 1.88 bits per heavy atom. The van der Waals surface area contributed by atoms with Crippen LogP contribution in [0.25, 0.3) is 10.9 Å². The maximum absolute atomic E-state index is 12.9. The zero-order valence-corrected chi connectivity index (χ0v) is 21.7. The number of carbonyl (C=O) groups is 2. The molecule has 2 aromatic rings. The molecule has 2 amide bonds. The molecule has 184 valence electrons. The summed E-state index contributed by atoms with van der Waals surface area (Å²) < 4.78 is 23.0. The second-order valence-corrected chi connectivity index (χ2v) is 11.4. The molecule has 0 atom stereocenters. The van der Waals surface area contributed by atoms with E-state index < -0.39 is 41.7 Å². The SMILES string of the molecule is CC(C)(C)OC(=O)N(C(=O)OC(C)(C)C)c1ncc2cc(B3OC(C)(C)C(C)(C)O3)ccc2n1. The Kier molecular flexibility index (Phi) is 6.47. The van der Waals surface area contributed by atoms with Crippen molar-refractivity contribution in [3.05, 3.63) is 24.4 Å². The minimum Gasteiger partial charge on any atom is -0.443 e. The zero-order chi connectivity index (χ0) is 25.7. The van der Waals surface area contributed by atoms with Crippen LogP contribution in [0.15, 0.2) is 24.4 Å². The lowest BCUT2D eigenvalue weighted by atomic mass is 9.78. The topological polar surface area (TPSA) is 100 Å². The van der Waals surface area contributed by atoms with E-state index in [1.807, 2.05) is 39.8 Å². The first kappa shape index (κ1) is 25.9. The Balaban J connectivity index is 1.95. The van der Waals surface area contributed by atoms with Crippen molar-refractivity contribution in [2.24, 2.45) is 0 Å². The number of anilines is 1. The number of hydrogen-bond donors (Lipinski definition) is 0. The molecular weight excluding hydrogens is 437 g/mol. The second kappa shape index (κ2) is 8.50. The van der Waals surface area contributed by atoms with Crippen LogP contribution in [-0.4, -0.2) is 51.7 Å². The lowest BCUT2D eigenvalue weighted by molar-refractivity contribution is 0.00578. The van der Waals surface area contributed by atoms with E-state index >= 15 is 0 Å². The van der Waals surface area contributed by atoms with Gasteiger partial charge in [0.2, 0.25) is 5.95 Å². The fourth-order valence-electron chi connectivity index (χ4n) is 3.13. The van der Waals surface area contributed by atoms with Crippen LogP contribution in [0.4, 0.5) is 15.5 Å². The zero-order valence-electron chi connectivity index (χ0n) is 21.7. The molecule has 1 aromatic heterocycles. The molecule has 0 N–H and O–H groups in total. The quantitative estimate of drug-likeness (QED) is 0.586. The highest BCUT2D eigenvalue weighted by Crippen LogP contribution is 2.36. The van der Waals surface area contributed by atoms with E-state index in [0.717, 1.165) is 5.46 Å². The summed E-state index contributed by atoms with van der Waals surface area (Å²) in [5, 5.41) is 0.698. The van der Waals surface area contributed by atoms with Gasteiger partial charge in [-0.2, -0.15) is 0 Å². The van der Waals surface area contributed by atoms with Gasteiger partial charge in [-0.25, -0.2) is 19.6 Å². The molecule has 1 aliphatic heterocycles. The first-order chi connectivity index (χ1) is 15.4. The lowest BCUT2D eigenvalue weighted by Crippen LogP contribution is -2.44. The molecule has 9 nitrogen and oxygen atoms in total. The van der Waals surface area contributed by atoms with Crippen LogP contribution in [0.1, 0.15) is 69.2 Å². The highest BCUT2D eigenvalue weighted by molar-refractivity contribution is 6.62. The number of ether oxygens (including phenoxy) is 2. The van der Waals surface area contributed by atoms with Gasteiger partial charge in [0.1, 0.15) is 11.2 Å². The van der Waals surface area contributed by atoms with E-state index in [4.69, 9.17) is 18.8 Å². The van der Waals surface area contributed by atoms with Crippen molar-refractivity contribution in [2.45, 2.75) is 91.6 Å². The number of hydrogen-bond acceptors (Lipinski definition) is 8. The molecule has 1 aromatic carbocycles. The van der Waals surface area contributed by atoms with E-state index in [1.54, 1.807) is 47.6 Å². The normalized spacial score (nSPS) is 17.5. The Morgan fingerprint density at radius 2 is 1.41 bits per heavy atom. The maximum Gasteiger partial charge on any atom is 0.494 e. The van der Waals surface area contributed by atoms with Gasteiger partial charge < -0.3 is 18.8 Å². The molecular formula is C24H34BN3O6. The van der Waals surface area contributed by atoms with Crippen LogP contribution in [-0.2, 0) is 18.8 Å². The summed E-state index contributed by atoms with van der Waals surface area (Å²) in [5.41, 5.74) is -1.23. The van der Waals surface area contributed by atoms with E-state index in [9.17, 15) is 9.59 Å². The van der Waals surface area contributed by atoms with Gasteiger partial charge in [-0.1, -0.05) is 12.1 Å². The molecule has 1 aliphatic rings. The first-order valence-electron chi connectivity index (χ1n) is 11.3. The van der Waals surface area contributed by atoms with Gasteiger partial charge in [0.15, 0.2) is 0 Å². The number of amides is 2. The van der Waals surface area contributed by atoms with Crippen LogP contribution in [0.3, 0.4) is 0 Å². The van der Waals surface area contributed by atoms with Gasteiger partial charge in [0.25, 0.3) is 0 Å². The van der Waals surface area contributed by atoms with Crippen molar-refractivity contribution in [2.75, 3.05) is 4.90 Å². The monoisotopic (exact) mass is 471 g/mol. The summed E-state index contributed by atoms with van der Waals surface area (Å²) in [6.45, 7) is 18.2. The summed E-state index contributed by atoms with van der Waals surface area (Å²) in [7, 11) is -0.533. The number of carbonyl (C=O) groups excluding carboxylic acids is 2. The number of rotatable bonds is 2. The predicted molar refractivity (Wildman–Crippen MR) is 130 cm³/mol. The molecule has 2 heterocycles. The van der Waals surface area contributed by atoms with E-state index in [2.05, 4.69) is 9.97 Å². The van der Waals surface area contributed by atoms with E-state index in [0.29, 0.717) is 15.8 Å². The summed E-state index contributed by atoms with van der Waals surface area (Å²) in [4.78, 5) is 35.1. The average molecular weight is 471 g/mol. The molecule has 1 fully saturated rings.